The quantitative estimate of drug-likeness (QED) is 0.208. The molecule has 0 spiro atoms. The number of nitriles is 1. The van der Waals surface area contributed by atoms with E-state index in [1.807, 2.05) is 6.07 Å². The molecule has 0 amide bonds. The number of fused-ring (bicyclic) bond motifs is 1. The van der Waals surface area contributed by atoms with E-state index in [1.165, 1.54) is 38.5 Å². The van der Waals surface area contributed by atoms with Gasteiger partial charge in [0, 0.05) is 19.2 Å². The summed E-state index contributed by atoms with van der Waals surface area (Å²) in [5.41, 5.74) is 1.73. The van der Waals surface area contributed by atoms with E-state index >= 15 is 0 Å². The van der Waals surface area contributed by atoms with Crippen LogP contribution in [0.25, 0.3) is 11.0 Å². The van der Waals surface area contributed by atoms with Gasteiger partial charge in [0.1, 0.15) is 12.4 Å². The molecule has 0 saturated heterocycles. The Morgan fingerprint density at radius 1 is 0.854 bits per heavy atom. The van der Waals surface area contributed by atoms with Crippen LogP contribution in [0, 0.1) is 11.3 Å². The van der Waals surface area contributed by atoms with Gasteiger partial charge in [0.25, 0.3) is 10.0 Å². The minimum Gasteiger partial charge on any atom is -0.497 e. The number of nitrogens with one attached hydrogen (secondary N) is 2. The zero-order chi connectivity index (χ0) is 29.2. The molecule has 2 N–H and O–H groups in total. The lowest BCUT2D eigenvalue weighted by Gasteiger charge is -2.19. The Morgan fingerprint density at radius 3 is 2.17 bits per heavy atom. The molecule has 0 radical (unpaired) electrons. The lowest BCUT2D eigenvalue weighted by molar-refractivity contribution is 0.0541. The maximum absolute atomic E-state index is 13.3. The standard InChI is InChI=1S/C28H29N5O7S/c1-36-12-13-39-14-15-40-26-24(16-20(37-2)17-25(26)38-3)32-27-28(31-23-7-5-4-6-22(23)30-27)33-41(34,35)21-10-8-19(18-29)9-11-21/h4-11,16-17H,12-15H2,1-3H3,(H,30,32)(H,31,33). The molecule has 4 aromatic rings. The predicted octanol–water partition coefficient (Wildman–Crippen LogP) is 4.10. The first-order valence-electron chi connectivity index (χ1n) is 12.4. The molecule has 1 aromatic heterocycles. The minimum absolute atomic E-state index is 0.0436. The lowest BCUT2D eigenvalue weighted by atomic mass is 10.2. The summed E-state index contributed by atoms with van der Waals surface area (Å²) >= 11 is 0. The number of rotatable bonds is 14. The Hall–Kier alpha value is -4.64. The van der Waals surface area contributed by atoms with Gasteiger partial charge in [-0.1, -0.05) is 12.1 Å². The van der Waals surface area contributed by atoms with Gasteiger partial charge < -0.3 is 29.0 Å². The van der Waals surface area contributed by atoms with Gasteiger partial charge in [-0.2, -0.15) is 5.26 Å². The summed E-state index contributed by atoms with van der Waals surface area (Å²) in [6, 6.07) is 17.9. The summed E-state index contributed by atoms with van der Waals surface area (Å²) in [6.07, 6.45) is 0. The fourth-order valence-electron chi connectivity index (χ4n) is 3.72. The van der Waals surface area contributed by atoms with Gasteiger partial charge in [0.15, 0.2) is 23.1 Å². The average molecular weight is 580 g/mol. The molecular weight excluding hydrogens is 550 g/mol. The number of benzene rings is 3. The lowest BCUT2D eigenvalue weighted by Crippen LogP contribution is -2.16. The van der Waals surface area contributed by atoms with Crippen molar-refractivity contribution in [2.45, 2.75) is 4.90 Å². The second-order valence-electron chi connectivity index (χ2n) is 8.44. The van der Waals surface area contributed by atoms with Crippen molar-refractivity contribution in [1.82, 2.24) is 9.97 Å². The molecule has 1 heterocycles. The first-order valence-corrected chi connectivity index (χ1v) is 13.9. The SMILES string of the molecule is COCCOCCOc1c(Nc2nc3ccccc3nc2NS(=O)(=O)c2ccc(C#N)cc2)cc(OC)cc1OC. The highest BCUT2D eigenvalue weighted by Gasteiger charge is 2.22. The van der Waals surface area contributed by atoms with Crippen LogP contribution in [0.15, 0.2) is 65.6 Å². The Labute approximate surface area is 237 Å². The molecule has 0 fully saturated rings. The van der Waals surface area contributed by atoms with Gasteiger partial charge >= 0.3 is 0 Å². The molecule has 0 aliphatic rings. The van der Waals surface area contributed by atoms with Crippen molar-refractivity contribution in [3.63, 3.8) is 0 Å². The fourth-order valence-corrected chi connectivity index (χ4v) is 4.72. The molecule has 4 rings (SSSR count). The third-order valence-corrected chi connectivity index (χ3v) is 7.09. The summed E-state index contributed by atoms with van der Waals surface area (Å²) < 4.78 is 56.6. The summed E-state index contributed by atoms with van der Waals surface area (Å²) in [6.45, 7) is 1.37. The summed E-state index contributed by atoms with van der Waals surface area (Å²) in [5, 5.41) is 12.2. The summed E-state index contributed by atoms with van der Waals surface area (Å²) in [4.78, 5) is 9.13. The fraction of sp³-hybridized carbons (Fsp3) is 0.250. The molecule has 0 aliphatic heterocycles. The van der Waals surface area contributed by atoms with Crippen molar-refractivity contribution in [1.29, 1.82) is 5.26 Å². The maximum atomic E-state index is 13.3. The van der Waals surface area contributed by atoms with E-state index in [9.17, 15) is 8.42 Å². The second kappa shape index (κ2) is 13.6. The maximum Gasteiger partial charge on any atom is 0.263 e. The minimum atomic E-state index is -4.09. The van der Waals surface area contributed by atoms with Gasteiger partial charge in [-0.05, 0) is 36.4 Å². The van der Waals surface area contributed by atoms with E-state index in [1.54, 1.807) is 43.5 Å². The molecule has 12 nitrogen and oxygen atoms in total. The highest BCUT2D eigenvalue weighted by atomic mass is 32.2. The summed E-state index contributed by atoms with van der Waals surface area (Å²) in [5.74, 6) is 1.22. The zero-order valence-electron chi connectivity index (χ0n) is 22.7. The first-order chi connectivity index (χ1) is 19.9. The monoisotopic (exact) mass is 579 g/mol. The number of nitrogens with zero attached hydrogens (tertiary/aromatic N) is 3. The number of ether oxygens (including phenoxy) is 5. The highest BCUT2D eigenvalue weighted by molar-refractivity contribution is 7.92. The van der Waals surface area contributed by atoms with Gasteiger partial charge in [-0.3, -0.25) is 4.72 Å². The van der Waals surface area contributed by atoms with E-state index < -0.39 is 10.0 Å². The molecule has 41 heavy (non-hydrogen) atoms. The average Bonchev–Trinajstić information content (AvgIpc) is 2.99. The molecular formula is C28H29N5O7S. The molecule has 0 atom stereocenters. The van der Waals surface area contributed by atoms with Crippen molar-refractivity contribution in [2.75, 3.05) is 57.8 Å². The molecule has 0 bridgehead atoms. The number of aromatic nitrogens is 2. The summed E-state index contributed by atoms with van der Waals surface area (Å²) in [7, 11) is 0.503. The Morgan fingerprint density at radius 2 is 1.54 bits per heavy atom. The first kappa shape index (κ1) is 29.3. The van der Waals surface area contributed by atoms with Crippen molar-refractivity contribution in [3.05, 3.63) is 66.2 Å². The zero-order valence-corrected chi connectivity index (χ0v) is 23.5. The Kier molecular flexibility index (Phi) is 9.75. The number of sulfonamides is 1. The molecule has 214 valence electrons. The van der Waals surface area contributed by atoms with Crippen LogP contribution in [0.5, 0.6) is 17.2 Å². The van der Waals surface area contributed by atoms with Gasteiger partial charge in [-0.25, -0.2) is 18.4 Å². The largest absolute Gasteiger partial charge is 0.497 e. The smallest absolute Gasteiger partial charge is 0.263 e. The van der Waals surface area contributed by atoms with E-state index in [-0.39, 0.29) is 23.1 Å². The van der Waals surface area contributed by atoms with Gasteiger partial charge in [0.05, 0.1) is 67.3 Å². The van der Waals surface area contributed by atoms with Crippen LogP contribution in [-0.4, -0.2) is 66.1 Å². The number of hydrogen-bond acceptors (Lipinski definition) is 11. The molecule has 0 unspecified atom stereocenters. The molecule has 13 heteroatoms. The number of para-hydroxylation sites is 2. The van der Waals surface area contributed by atoms with Crippen LogP contribution in [0.1, 0.15) is 5.56 Å². The Bertz CT molecular complexity index is 1640. The van der Waals surface area contributed by atoms with Crippen molar-refractivity contribution in [3.8, 4) is 23.3 Å². The topological polar surface area (TPSA) is 154 Å². The van der Waals surface area contributed by atoms with Crippen LogP contribution in [0.4, 0.5) is 17.3 Å². The van der Waals surface area contributed by atoms with E-state index in [0.717, 1.165) is 0 Å². The number of anilines is 3. The predicted molar refractivity (Wildman–Crippen MR) is 153 cm³/mol. The molecule has 0 saturated carbocycles. The Balaban J connectivity index is 1.72. The van der Waals surface area contributed by atoms with Crippen LogP contribution < -0.4 is 24.2 Å². The van der Waals surface area contributed by atoms with E-state index in [0.29, 0.717) is 59.4 Å². The van der Waals surface area contributed by atoms with Crippen LogP contribution in [0.2, 0.25) is 0 Å². The number of methoxy groups -OCH3 is 3. The van der Waals surface area contributed by atoms with E-state index in [4.69, 9.17) is 28.9 Å². The van der Waals surface area contributed by atoms with Crippen molar-refractivity contribution >= 4 is 38.4 Å². The van der Waals surface area contributed by atoms with Crippen LogP contribution >= 0.6 is 0 Å². The highest BCUT2D eigenvalue weighted by Crippen LogP contribution is 2.41. The van der Waals surface area contributed by atoms with Crippen molar-refractivity contribution < 1.29 is 32.1 Å². The van der Waals surface area contributed by atoms with E-state index in [2.05, 4.69) is 20.0 Å². The van der Waals surface area contributed by atoms with Crippen molar-refractivity contribution in [2.24, 2.45) is 0 Å². The van der Waals surface area contributed by atoms with Crippen LogP contribution in [0.3, 0.4) is 0 Å². The molecule has 3 aromatic carbocycles. The third kappa shape index (κ3) is 7.31. The van der Waals surface area contributed by atoms with Gasteiger partial charge in [0.2, 0.25) is 0 Å². The second-order valence-corrected chi connectivity index (χ2v) is 10.1. The number of hydrogen-bond donors (Lipinski definition) is 2. The normalized spacial score (nSPS) is 11.1. The molecule has 0 aliphatic carbocycles. The van der Waals surface area contributed by atoms with Gasteiger partial charge in [-0.15, -0.1) is 0 Å². The third-order valence-electron chi connectivity index (χ3n) is 5.74. The van der Waals surface area contributed by atoms with Crippen LogP contribution in [-0.2, 0) is 19.5 Å².